The molecule has 0 aromatic carbocycles. The van der Waals surface area contributed by atoms with Gasteiger partial charge in [-0.05, 0) is 17.7 Å². The summed E-state index contributed by atoms with van der Waals surface area (Å²) in [5.41, 5.74) is 5.58. The zero-order chi connectivity index (χ0) is 10.8. The Bertz CT molecular complexity index is 314. The molecule has 1 heterocycles. The SMILES string of the molecule is Nc1cc(C[C@H](O)C(F)(F)F)ccn1. The Morgan fingerprint density at radius 1 is 1.50 bits per heavy atom. The number of aliphatic hydroxyl groups excluding tert-OH is 1. The summed E-state index contributed by atoms with van der Waals surface area (Å²) in [4.78, 5) is 3.62. The average molecular weight is 206 g/mol. The van der Waals surface area contributed by atoms with Crippen LogP contribution in [0.2, 0.25) is 0 Å². The first kappa shape index (κ1) is 10.8. The van der Waals surface area contributed by atoms with Crippen LogP contribution in [0.1, 0.15) is 5.56 Å². The summed E-state index contributed by atoms with van der Waals surface area (Å²) < 4.78 is 35.8. The van der Waals surface area contributed by atoms with E-state index >= 15 is 0 Å². The van der Waals surface area contributed by atoms with Gasteiger partial charge in [0.25, 0.3) is 0 Å². The van der Waals surface area contributed by atoms with Gasteiger partial charge in [-0.1, -0.05) is 0 Å². The number of nitrogens with zero attached hydrogens (tertiary/aromatic N) is 1. The van der Waals surface area contributed by atoms with Crippen LogP contribution in [0.5, 0.6) is 0 Å². The monoisotopic (exact) mass is 206 g/mol. The van der Waals surface area contributed by atoms with Crippen LogP contribution < -0.4 is 5.73 Å². The van der Waals surface area contributed by atoms with E-state index in [1.54, 1.807) is 0 Å². The van der Waals surface area contributed by atoms with E-state index in [2.05, 4.69) is 4.98 Å². The van der Waals surface area contributed by atoms with Gasteiger partial charge in [-0.2, -0.15) is 13.2 Å². The van der Waals surface area contributed by atoms with Crippen LogP contribution in [0.4, 0.5) is 19.0 Å². The first-order valence-electron chi connectivity index (χ1n) is 3.85. The van der Waals surface area contributed by atoms with Crippen molar-refractivity contribution in [3.05, 3.63) is 23.9 Å². The Labute approximate surface area is 78.4 Å². The second kappa shape index (κ2) is 3.83. The number of pyridine rings is 1. The maximum Gasteiger partial charge on any atom is 0.414 e. The van der Waals surface area contributed by atoms with E-state index in [1.165, 1.54) is 18.3 Å². The Kier molecular flexibility index (Phi) is 2.95. The number of hydrogen-bond acceptors (Lipinski definition) is 3. The van der Waals surface area contributed by atoms with Gasteiger partial charge in [-0.3, -0.25) is 0 Å². The lowest BCUT2D eigenvalue weighted by atomic mass is 10.1. The number of halogens is 3. The molecule has 0 fully saturated rings. The summed E-state index contributed by atoms with van der Waals surface area (Å²) >= 11 is 0. The van der Waals surface area contributed by atoms with E-state index in [0.29, 0.717) is 5.56 Å². The van der Waals surface area contributed by atoms with Gasteiger partial charge in [-0.15, -0.1) is 0 Å². The predicted molar refractivity (Wildman–Crippen MR) is 44.4 cm³/mol. The van der Waals surface area contributed by atoms with Gasteiger partial charge in [-0.25, -0.2) is 4.98 Å². The quantitative estimate of drug-likeness (QED) is 0.762. The maximum absolute atomic E-state index is 11.9. The second-order valence-corrected chi connectivity index (χ2v) is 2.85. The molecule has 3 nitrogen and oxygen atoms in total. The minimum Gasteiger partial charge on any atom is -0.384 e. The van der Waals surface area contributed by atoms with Gasteiger partial charge in [0.15, 0.2) is 6.10 Å². The lowest BCUT2D eigenvalue weighted by molar-refractivity contribution is -0.203. The number of nitrogen functional groups attached to an aromatic ring is 1. The van der Waals surface area contributed by atoms with E-state index in [4.69, 9.17) is 10.8 Å². The highest BCUT2D eigenvalue weighted by molar-refractivity contribution is 5.32. The number of anilines is 1. The van der Waals surface area contributed by atoms with E-state index < -0.39 is 18.7 Å². The first-order valence-corrected chi connectivity index (χ1v) is 3.85. The summed E-state index contributed by atoms with van der Waals surface area (Å²) in [6.07, 6.45) is -6.16. The van der Waals surface area contributed by atoms with Gasteiger partial charge in [0.1, 0.15) is 5.82 Å². The fraction of sp³-hybridized carbons (Fsp3) is 0.375. The molecule has 0 bridgehead atoms. The molecule has 0 aliphatic carbocycles. The highest BCUT2D eigenvalue weighted by Gasteiger charge is 2.37. The van der Waals surface area contributed by atoms with Crippen LogP contribution in [-0.4, -0.2) is 22.4 Å². The summed E-state index contributed by atoms with van der Waals surface area (Å²) in [5.74, 6) is 0.136. The van der Waals surface area contributed by atoms with Crippen molar-refractivity contribution in [2.24, 2.45) is 0 Å². The Hall–Kier alpha value is -1.30. The van der Waals surface area contributed by atoms with Crippen molar-refractivity contribution >= 4 is 5.82 Å². The zero-order valence-corrected chi connectivity index (χ0v) is 7.12. The van der Waals surface area contributed by atoms with E-state index in [-0.39, 0.29) is 5.82 Å². The van der Waals surface area contributed by atoms with Crippen LogP contribution in [0.3, 0.4) is 0 Å². The molecule has 1 aromatic rings. The number of aromatic nitrogens is 1. The largest absolute Gasteiger partial charge is 0.414 e. The smallest absolute Gasteiger partial charge is 0.384 e. The second-order valence-electron chi connectivity index (χ2n) is 2.85. The van der Waals surface area contributed by atoms with Crippen LogP contribution in [-0.2, 0) is 6.42 Å². The van der Waals surface area contributed by atoms with Crippen molar-refractivity contribution in [3.8, 4) is 0 Å². The zero-order valence-electron chi connectivity index (χ0n) is 7.12. The van der Waals surface area contributed by atoms with Crippen molar-refractivity contribution in [2.75, 3.05) is 5.73 Å². The van der Waals surface area contributed by atoms with E-state index in [1.807, 2.05) is 0 Å². The molecule has 0 amide bonds. The van der Waals surface area contributed by atoms with Crippen LogP contribution in [0.25, 0.3) is 0 Å². The molecular formula is C8H9F3N2O. The third-order valence-electron chi connectivity index (χ3n) is 1.65. The number of rotatable bonds is 2. The van der Waals surface area contributed by atoms with Gasteiger partial charge in [0.2, 0.25) is 0 Å². The number of hydrogen-bond donors (Lipinski definition) is 2. The van der Waals surface area contributed by atoms with Crippen LogP contribution >= 0.6 is 0 Å². The molecule has 78 valence electrons. The summed E-state index contributed by atoms with van der Waals surface area (Å²) in [6.45, 7) is 0. The molecule has 1 aromatic heterocycles. The number of nitrogens with two attached hydrogens (primary N) is 1. The predicted octanol–water partition coefficient (Wildman–Crippen LogP) is 1.13. The lowest BCUT2D eigenvalue weighted by Crippen LogP contribution is -2.30. The Morgan fingerprint density at radius 3 is 2.64 bits per heavy atom. The molecule has 1 atom stereocenters. The third kappa shape index (κ3) is 2.88. The highest BCUT2D eigenvalue weighted by Crippen LogP contribution is 2.23. The molecule has 14 heavy (non-hydrogen) atoms. The van der Waals surface area contributed by atoms with Gasteiger partial charge >= 0.3 is 6.18 Å². The molecule has 0 unspecified atom stereocenters. The molecule has 1 rings (SSSR count). The molecule has 0 spiro atoms. The van der Waals surface area contributed by atoms with Crippen molar-refractivity contribution in [1.82, 2.24) is 4.98 Å². The fourth-order valence-corrected chi connectivity index (χ4v) is 0.960. The Morgan fingerprint density at radius 2 is 2.14 bits per heavy atom. The van der Waals surface area contributed by atoms with Crippen LogP contribution in [0, 0.1) is 0 Å². The molecule has 0 radical (unpaired) electrons. The molecule has 6 heteroatoms. The van der Waals surface area contributed by atoms with Gasteiger partial charge < -0.3 is 10.8 Å². The topological polar surface area (TPSA) is 59.1 Å². The minimum absolute atomic E-state index is 0.136. The molecular weight excluding hydrogens is 197 g/mol. The van der Waals surface area contributed by atoms with Crippen molar-refractivity contribution in [2.45, 2.75) is 18.7 Å². The maximum atomic E-state index is 11.9. The van der Waals surface area contributed by atoms with Crippen molar-refractivity contribution in [1.29, 1.82) is 0 Å². The molecule has 0 saturated carbocycles. The Balaban J connectivity index is 2.70. The van der Waals surface area contributed by atoms with Gasteiger partial charge in [0, 0.05) is 12.6 Å². The number of aliphatic hydroxyl groups is 1. The minimum atomic E-state index is -4.60. The molecule has 0 saturated heterocycles. The first-order chi connectivity index (χ1) is 6.39. The normalized spacial score (nSPS) is 14.0. The summed E-state index contributed by atoms with van der Waals surface area (Å²) in [7, 11) is 0. The lowest BCUT2D eigenvalue weighted by Gasteiger charge is -2.14. The third-order valence-corrected chi connectivity index (χ3v) is 1.65. The van der Waals surface area contributed by atoms with E-state index in [0.717, 1.165) is 0 Å². The molecule has 3 N–H and O–H groups in total. The van der Waals surface area contributed by atoms with Gasteiger partial charge in [0.05, 0.1) is 0 Å². The van der Waals surface area contributed by atoms with Crippen LogP contribution in [0.15, 0.2) is 18.3 Å². The molecule has 0 aliphatic rings. The standard InChI is InChI=1S/C8H9F3N2O/c9-8(10,11)6(14)3-5-1-2-13-7(12)4-5/h1-2,4,6,14H,3H2,(H2,12,13)/t6-/m0/s1. The summed E-state index contributed by atoms with van der Waals surface area (Å²) in [6, 6.07) is 2.68. The summed E-state index contributed by atoms with van der Waals surface area (Å²) in [5, 5.41) is 8.74. The average Bonchev–Trinajstić information content (AvgIpc) is 2.02. The number of alkyl halides is 3. The van der Waals surface area contributed by atoms with Crippen molar-refractivity contribution in [3.63, 3.8) is 0 Å². The van der Waals surface area contributed by atoms with E-state index in [9.17, 15) is 13.2 Å². The molecule has 0 aliphatic heterocycles. The van der Waals surface area contributed by atoms with Crippen molar-refractivity contribution < 1.29 is 18.3 Å². The highest BCUT2D eigenvalue weighted by atomic mass is 19.4. The fourth-order valence-electron chi connectivity index (χ4n) is 0.960.